The zero-order chi connectivity index (χ0) is 15.1. The lowest BCUT2D eigenvalue weighted by Gasteiger charge is -2.25. The number of rotatable bonds is 6. The normalized spacial score (nSPS) is 10.2. The fraction of sp³-hybridized carbons (Fsp3) is 0.467. The Labute approximate surface area is 119 Å². The molecule has 0 aromatic heterocycles. The molecule has 0 heterocycles. The van der Waals surface area contributed by atoms with E-state index in [2.05, 4.69) is 6.92 Å². The smallest absolute Gasteiger partial charge is 0.323 e. The van der Waals surface area contributed by atoms with Gasteiger partial charge in [-0.25, -0.2) is 4.79 Å². The van der Waals surface area contributed by atoms with E-state index in [9.17, 15) is 9.59 Å². The zero-order valence-electron chi connectivity index (χ0n) is 12.3. The van der Waals surface area contributed by atoms with Gasteiger partial charge < -0.3 is 10.0 Å². The predicted molar refractivity (Wildman–Crippen MR) is 79.1 cm³/mol. The molecule has 110 valence electrons. The number of carbonyl (C=O) groups is 2. The Morgan fingerprint density at radius 3 is 2.25 bits per heavy atom. The Hall–Kier alpha value is -2.04. The highest BCUT2D eigenvalue weighted by molar-refractivity contribution is 5.91. The van der Waals surface area contributed by atoms with Crippen LogP contribution in [0.25, 0.3) is 0 Å². The zero-order valence-corrected chi connectivity index (χ0v) is 12.3. The lowest BCUT2D eigenvalue weighted by molar-refractivity contribution is -0.137. The monoisotopic (exact) mass is 278 g/mol. The summed E-state index contributed by atoms with van der Waals surface area (Å²) in [6, 6.07) is 7.70. The molecule has 5 heteroatoms. The fourth-order valence-corrected chi connectivity index (χ4v) is 1.88. The van der Waals surface area contributed by atoms with Crippen molar-refractivity contribution in [2.24, 2.45) is 0 Å². The Balaban J connectivity index is 2.58. The molecule has 0 aliphatic carbocycles. The first-order chi connectivity index (χ1) is 9.45. The predicted octanol–water partition coefficient (Wildman–Crippen LogP) is 2.60. The number of carboxylic acids is 1. The first kappa shape index (κ1) is 16.0. The molecule has 20 heavy (non-hydrogen) atoms. The summed E-state index contributed by atoms with van der Waals surface area (Å²) in [7, 11) is 3.40. The van der Waals surface area contributed by atoms with Crippen molar-refractivity contribution in [1.82, 2.24) is 4.90 Å². The van der Waals surface area contributed by atoms with Gasteiger partial charge in [-0.15, -0.1) is 0 Å². The number of urea groups is 1. The second-order valence-electron chi connectivity index (χ2n) is 4.78. The number of benzene rings is 1. The number of amides is 2. The van der Waals surface area contributed by atoms with Gasteiger partial charge >= 0.3 is 12.0 Å². The molecule has 2 amide bonds. The molecule has 0 saturated heterocycles. The van der Waals surface area contributed by atoms with E-state index < -0.39 is 5.97 Å². The average molecular weight is 278 g/mol. The summed E-state index contributed by atoms with van der Waals surface area (Å²) in [4.78, 5) is 25.7. The third-order valence-corrected chi connectivity index (χ3v) is 3.23. The van der Waals surface area contributed by atoms with Crippen molar-refractivity contribution >= 4 is 17.7 Å². The molecular weight excluding hydrogens is 256 g/mol. The summed E-state index contributed by atoms with van der Waals surface area (Å²) in [6.07, 6.45) is 1.50. The van der Waals surface area contributed by atoms with E-state index in [1.165, 1.54) is 10.5 Å². The van der Waals surface area contributed by atoms with Crippen LogP contribution in [0.2, 0.25) is 0 Å². The quantitative estimate of drug-likeness (QED) is 0.870. The largest absolute Gasteiger partial charge is 0.481 e. The Morgan fingerprint density at radius 2 is 1.75 bits per heavy atom. The number of hydrogen-bond donors (Lipinski definition) is 1. The number of aliphatic carboxylic acids is 1. The van der Waals surface area contributed by atoms with E-state index in [1.807, 2.05) is 24.3 Å². The van der Waals surface area contributed by atoms with Crippen LogP contribution >= 0.6 is 0 Å². The maximum Gasteiger partial charge on any atom is 0.323 e. The van der Waals surface area contributed by atoms with Gasteiger partial charge in [-0.05, 0) is 30.5 Å². The van der Waals surface area contributed by atoms with Crippen LogP contribution in [0.1, 0.15) is 25.3 Å². The van der Waals surface area contributed by atoms with E-state index in [0.717, 1.165) is 12.1 Å². The summed E-state index contributed by atoms with van der Waals surface area (Å²) in [5, 5.41) is 8.59. The highest BCUT2D eigenvalue weighted by atomic mass is 16.4. The van der Waals surface area contributed by atoms with Crippen molar-refractivity contribution < 1.29 is 14.7 Å². The molecule has 0 bridgehead atoms. The van der Waals surface area contributed by atoms with E-state index >= 15 is 0 Å². The van der Waals surface area contributed by atoms with Crippen LogP contribution in [0.15, 0.2) is 24.3 Å². The molecule has 1 rings (SSSR count). The van der Waals surface area contributed by atoms with E-state index in [4.69, 9.17) is 5.11 Å². The summed E-state index contributed by atoms with van der Waals surface area (Å²) < 4.78 is 0. The molecule has 1 aromatic rings. The van der Waals surface area contributed by atoms with Crippen LogP contribution < -0.4 is 4.90 Å². The lowest BCUT2D eigenvalue weighted by atomic mass is 10.1. The van der Waals surface area contributed by atoms with Crippen LogP contribution in [0.4, 0.5) is 10.5 Å². The topological polar surface area (TPSA) is 60.9 Å². The summed E-state index contributed by atoms with van der Waals surface area (Å²) >= 11 is 0. The van der Waals surface area contributed by atoms with Crippen molar-refractivity contribution in [3.8, 4) is 0 Å². The van der Waals surface area contributed by atoms with E-state index in [0.29, 0.717) is 13.0 Å². The first-order valence-electron chi connectivity index (χ1n) is 6.75. The van der Waals surface area contributed by atoms with Gasteiger partial charge in [0.15, 0.2) is 0 Å². The van der Waals surface area contributed by atoms with Crippen molar-refractivity contribution in [2.45, 2.75) is 26.2 Å². The van der Waals surface area contributed by atoms with Gasteiger partial charge in [0, 0.05) is 32.7 Å². The third-order valence-electron chi connectivity index (χ3n) is 3.23. The number of nitrogens with zero attached hydrogens (tertiary/aromatic N) is 2. The lowest BCUT2D eigenvalue weighted by Crippen LogP contribution is -2.39. The second-order valence-corrected chi connectivity index (χ2v) is 4.78. The van der Waals surface area contributed by atoms with Crippen molar-refractivity contribution in [1.29, 1.82) is 0 Å². The van der Waals surface area contributed by atoms with Crippen LogP contribution in [-0.4, -0.2) is 42.6 Å². The molecule has 0 spiro atoms. The Morgan fingerprint density at radius 1 is 1.15 bits per heavy atom. The summed E-state index contributed by atoms with van der Waals surface area (Å²) in [6.45, 7) is 2.52. The highest BCUT2D eigenvalue weighted by Crippen LogP contribution is 2.15. The number of anilines is 1. The molecular formula is C15H22N2O3. The maximum atomic E-state index is 12.2. The summed E-state index contributed by atoms with van der Waals surface area (Å²) in [5.74, 6) is -0.839. The van der Waals surface area contributed by atoms with Crippen LogP contribution in [-0.2, 0) is 11.2 Å². The third kappa shape index (κ3) is 4.57. The van der Waals surface area contributed by atoms with Gasteiger partial charge in [-0.3, -0.25) is 9.69 Å². The van der Waals surface area contributed by atoms with Gasteiger partial charge in [0.2, 0.25) is 0 Å². The summed E-state index contributed by atoms with van der Waals surface area (Å²) in [5.41, 5.74) is 2.06. The SMILES string of the molecule is CCc1ccc(N(C)C(=O)N(C)CCCC(=O)O)cc1. The molecule has 1 N–H and O–H groups in total. The molecule has 0 radical (unpaired) electrons. The average Bonchev–Trinajstić information content (AvgIpc) is 2.45. The van der Waals surface area contributed by atoms with Crippen molar-refractivity contribution in [3.63, 3.8) is 0 Å². The van der Waals surface area contributed by atoms with E-state index in [-0.39, 0.29) is 12.5 Å². The number of aryl methyl sites for hydroxylation is 1. The number of carbonyl (C=O) groups excluding carboxylic acids is 1. The minimum atomic E-state index is -0.839. The minimum absolute atomic E-state index is 0.0759. The molecule has 0 saturated carbocycles. The van der Waals surface area contributed by atoms with Gasteiger partial charge in [0.05, 0.1) is 0 Å². The molecule has 0 aliphatic heterocycles. The second kappa shape index (κ2) is 7.53. The molecule has 0 unspecified atom stereocenters. The van der Waals surface area contributed by atoms with Gasteiger partial charge in [-0.2, -0.15) is 0 Å². The molecule has 0 aliphatic rings. The Kier molecular flexibility index (Phi) is 6.03. The first-order valence-corrected chi connectivity index (χ1v) is 6.75. The van der Waals surface area contributed by atoms with Crippen molar-refractivity contribution in [2.75, 3.05) is 25.5 Å². The van der Waals surface area contributed by atoms with Crippen LogP contribution in [0.3, 0.4) is 0 Å². The molecule has 1 aromatic carbocycles. The van der Waals surface area contributed by atoms with Gasteiger partial charge in [0.25, 0.3) is 0 Å². The van der Waals surface area contributed by atoms with Crippen LogP contribution in [0.5, 0.6) is 0 Å². The standard InChI is InChI=1S/C15H22N2O3/c1-4-12-7-9-13(10-8-12)17(3)15(20)16(2)11-5-6-14(18)19/h7-10H,4-6,11H2,1-3H3,(H,18,19). The maximum absolute atomic E-state index is 12.2. The van der Waals surface area contributed by atoms with E-state index in [1.54, 1.807) is 19.0 Å². The molecule has 0 atom stereocenters. The van der Waals surface area contributed by atoms with Gasteiger partial charge in [0.1, 0.15) is 0 Å². The number of hydrogen-bond acceptors (Lipinski definition) is 2. The minimum Gasteiger partial charge on any atom is -0.481 e. The van der Waals surface area contributed by atoms with Crippen LogP contribution in [0, 0.1) is 0 Å². The highest BCUT2D eigenvalue weighted by Gasteiger charge is 2.15. The fourth-order valence-electron chi connectivity index (χ4n) is 1.88. The molecule has 5 nitrogen and oxygen atoms in total. The van der Waals surface area contributed by atoms with Gasteiger partial charge in [-0.1, -0.05) is 19.1 Å². The molecule has 0 fully saturated rings. The number of carboxylic acid groups (broad SMARTS) is 1. The van der Waals surface area contributed by atoms with Crippen molar-refractivity contribution in [3.05, 3.63) is 29.8 Å². The Bertz CT molecular complexity index is 457.